The zero-order valence-corrected chi connectivity index (χ0v) is 19.2. The largest absolute Gasteiger partial charge is 0.494 e. The van der Waals surface area contributed by atoms with Gasteiger partial charge in [0, 0.05) is 36.3 Å². The van der Waals surface area contributed by atoms with Gasteiger partial charge in [0.15, 0.2) is 0 Å². The van der Waals surface area contributed by atoms with E-state index in [-0.39, 0.29) is 30.7 Å². The van der Waals surface area contributed by atoms with Crippen molar-refractivity contribution in [2.24, 2.45) is 5.92 Å². The number of hydrogen-bond donors (Lipinski definition) is 2. The summed E-state index contributed by atoms with van der Waals surface area (Å²) in [5.74, 6) is -1.30. The highest BCUT2D eigenvalue weighted by molar-refractivity contribution is 6.06. The molecule has 1 aliphatic rings. The molecule has 3 aromatic carbocycles. The van der Waals surface area contributed by atoms with Gasteiger partial charge in [-0.3, -0.25) is 14.4 Å². The lowest BCUT2D eigenvalue weighted by Crippen LogP contribution is -2.28. The number of anilines is 3. The Morgan fingerprint density at radius 2 is 1.51 bits per heavy atom. The number of methoxy groups -OCH3 is 2. The molecule has 9 heteroatoms. The van der Waals surface area contributed by atoms with Crippen LogP contribution in [0, 0.1) is 11.7 Å². The minimum Gasteiger partial charge on any atom is -0.494 e. The van der Waals surface area contributed by atoms with Gasteiger partial charge in [-0.2, -0.15) is 0 Å². The molecule has 180 valence electrons. The molecule has 0 unspecified atom stereocenters. The van der Waals surface area contributed by atoms with E-state index in [0.717, 1.165) is 0 Å². The molecule has 1 aliphatic heterocycles. The van der Waals surface area contributed by atoms with Gasteiger partial charge < -0.3 is 25.0 Å². The molecule has 35 heavy (non-hydrogen) atoms. The predicted octanol–water partition coefficient (Wildman–Crippen LogP) is 4.09. The van der Waals surface area contributed by atoms with Crippen LogP contribution in [0.5, 0.6) is 11.5 Å². The fourth-order valence-electron chi connectivity index (χ4n) is 3.87. The average Bonchev–Trinajstić information content (AvgIpc) is 3.27. The van der Waals surface area contributed by atoms with Gasteiger partial charge in [-0.15, -0.1) is 0 Å². The summed E-state index contributed by atoms with van der Waals surface area (Å²) >= 11 is 0. The monoisotopic (exact) mass is 477 g/mol. The van der Waals surface area contributed by atoms with Gasteiger partial charge in [0.05, 0.1) is 31.5 Å². The summed E-state index contributed by atoms with van der Waals surface area (Å²) in [5.41, 5.74) is 1.71. The normalized spacial score (nSPS) is 15.0. The summed E-state index contributed by atoms with van der Waals surface area (Å²) in [6, 6.07) is 17.4. The first-order valence-electron chi connectivity index (χ1n) is 10.9. The molecule has 8 nitrogen and oxygen atoms in total. The quantitative estimate of drug-likeness (QED) is 0.534. The molecule has 0 saturated carbocycles. The van der Waals surface area contributed by atoms with E-state index in [0.29, 0.717) is 34.1 Å². The number of ether oxygens (including phenoxy) is 2. The lowest BCUT2D eigenvalue weighted by Gasteiger charge is -2.18. The van der Waals surface area contributed by atoms with E-state index in [9.17, 15) is 18.8 Å². The molecule has 1 fully saturated rings. The lowest BCUT2D eigenvalue weighted by atomic mass is 10.1. The Kier molecular flexibility index (Phi) is 6.96. The van der Waals surface area contributed by atoms with Crippen LogP contribution in [-0.2, 0) is 9.59 Å². The van der Waals surface area contributed by atoms with Crippen molar-refractivity contribution in [1.29, 1.82) is 0 Å². The molecule has 0 aliphatic carbocycles. The second-order valence-corrected chi connectivity index (χ2v) is 7.94. The van der Waals surface area contributed by atoms with E-state index >= 15 is 0 Å². The summed E-state index contributed by atoms with van der Waals surface area (Å²) in [4.78, 5) is 39.5. The third kappa shape index (κ3) is 5.24. The Bertz CT molecular complexity index is 1250. The van der Waals surface area contributed by atoms with Crippen molar-refractivity contribution in [3.63, 3.8) is 0 Å². The second-order valence-electron chi connectivity index (χ2n) is 7.94. The van der Waals surface area contributed by atoms with Crippen LogP contribution >= 0.6 is 0 Å². The van der Waals surface area contributed by atoms with Crippen LogP contribution in [-0.4, -0.2) is 38.5 Å². The summed E-state index contributed by atoms with van der Waals surface area (Å²) in [6.45, 7) is 0.168. The van der Waals surface area contributed by atoms with E-state index in [1.807, 2.05) is 6.07 Å². The van der Waals surface area contributed by atoms with Crippen molar-refractivity contribution in [2.45, 2.75) is 6.42 Å². The minimum atomic E-state index is -0.610. The third-order valence-electron chi connectivity index (χ3n) is 5.70. The number of nitrogens with one attached hydrogen (secondary N) is 2. The maximum Gasteiger partial charge on any atom is 0.255 e. The van der Waals surface area contributed by atoms with Crippen LogP contribution in [0.2, 0.25) is 0 Å². The summed E-state index contributed by atoms with van der Waals surface area (Å²) in [5, 5.41) is 5.58. The predicted molar refractivity (Wildman–Crippen MR) is 129 cm³/mol. The Balaban J connectivity index is 1.50. The lowest BCUT2D eigenvalue weighted by molar-refractivity contribution is -0.122. The van der Waals surface area contributed by atoms with Crippen LogP contribution < -0.4 is 25.0 Å². The van der Waals surface area contributed by atoms with Crippen LogP contribution in [0.4, 0.5) is 21.5 Å². The molecule has 0 aromatic heterocycles. The van der Waals surface area contributed by atoms with Crippen molar-refractivity contribution < 1.29 is 28.2 Å². The molecule has 3 aromatic rings. The number of halogens is 1. The maximum absolute atomic E-state index is 13.2. The Morgan fingerprint density at radius 1 is 0.914 bits per heavy atom. The molecule has 4 rings (SSSR count). The highest BCUT2D eigenvalue weighted by Crippen LogP contribution is 2.37. The number of nitrogens with zero attached hydrogens (tertiary/aromatic N) is 1. The van der Waals surface area contributed by atoms with Gasteiger partial charge in [0.2, 0.25) is 11.8 Å². The molecule has 0 radical (unpaired) electrons. The van der Waals surface area contributed by atoms with Gasteiger partial charge in [0.25, 0.3) is 5.91 Å². The second kappa shape index (κ2) is 10.3. The van der Waals surface area contributed by atoms with E-state index in [1.165, 1.54) is 43.4 Å². The van der Waals surface area contributed by atoms with Gasteiger partial charge in [-0.25, -0.2) is 4.39 Å². The molecule has 2 N–H and O–H groups in total. The number of benzene rings is 3. The molecule has 0 spiro atoms. The molecule has 3 amide bonds. The molecule has 1 heterocycles. The fourth-order valence-corrected chi connectivity index (χ4v) is 3.87. The Morgan fingerprint density at radius 3 is 2.11 bits per heavy atom. The number of rotatable bonds is 7. The van der Waals surface area contributed by atoms with Crippen molar-refractivity contribution >= 4 is 34.8 Å². The van der Waals surface area contributed by atoms with Crippen molar-refractivity contribution in [3.8, 4) is 11.5 Å². The first kappa shape index (κ1) is 23.7. The number of carbonyl (C=O) groups excluding carboxylic acids is 3. The van der Waals surface area contributed by atoms with Crippen LogP contribution in [0.3, 0.4) is 0 Å². The standard InChI is InChI=1S/C26H24FN3O5/c1-34-22-14-21(23(35-2)13-20(22)28-25(32)16-6-4-3-5-7-16)29-26(33)17-12-24(31)30(15-17)19-10-8-18(27)9-11-19/h3-11,13-14,17H,12,15H2,1-2H3,(H,28,32)(H,29,33)/t17-/m0/s1. The van der Waals surface area contributed by atoms with Crippen molar-refractivity contribution in [2.75, 3.05) is 36.3 Å². The summed E-state index contributed by atoms with van der Waals surface area (Å²) in [6.07, 6.45) is 0.0217. The SMILES string of the molecule is COc1cc(NC(=O)[C@H]2CC(=O)N(c3ccc(F)cc3)C2)c(OC)cc1NC(=O)c1ccccc1. The number of amides is 3. The Hall–Kier alpha value is -4.40. The highest BCUT2D eigenvalue weighted by Gasteiger charge is 2.35. The topological polar surface area (TPSA) is 97.0 Å². The van der Waals surface area contributed by atoms with Gasteiger partial charge >= 0.3 is 0 Å². The van der Waals surface area contributed by atoms with Crippen LogP contribution in [0.15, 0.2) is 66.7 Å². The highest BCUT2D eigenvalue weighted by atomic mass is 19.1. The first-order chi connectivity index (χ1) is 16.9. The van der Waals surface area contributed by atoms with E-state index in [1.54, 1.807) is 36.4 Å². The van der Waals surface area contributed by atoms with E-state index in [4.69, 9.17) is 9.47 Å². The molecule has 1 saturated heterocycles. The van der Waals surface area contributed by atoms with Crippen LogP contribution in [0.1, 0.15) is 16.8 Å². The summed E-state index contributed by atoms with van der Waals surface area (Å²) in [7, 11) is 2.89. The number of carbonyl (C=O) groups is 3. The molecule has 1 atom stereocenters. The molecular formula is C26H24FN3O5. The van der Waals surface area contributed by atoms with E-state index in [2.05, 4.69) is 10.6 Å². The zero-order valence-electron chi connectivity index (χ0n) is 19.2. The third-order valence-corrected chi connectivity index (χ3v) is 5.70. The van der Waals surface area contributed by atoms with Crippen molar-refractivity contribution in [1.82, 2.24) is 0 Å². The number of hydrogen-bond acceptors (Lipinski definition) is 5. The molecular weight excluding hydrogens is 453 g/mol. The van der Waals surface area contributed by atoms with Gasteiger partial charge in [-0.05, 0) is 36.4 Å². The molecule has 0 bridgehead atoms. The smallest absolute Gasteiger partial charge is 0.255 e. The maximum atomic E-state index is 13.2. The van der Waals surface area contributed by atoms with Gasteiger partial charge in [0.1, 0.15) is 17.3 Å². The average molecular weight is 477 g/mol. The Labute approximate surface area is 201 Å². The van der Waals surface area contributed by atoms with Crippen molar-refractivity contribution in [3.05, 3.63) is 78.1 Å². The minimum absolute atomic E-state index is 0.0217. The fraction of sp³-hybridized carbons (Fsp3) is 0.192. The van der Waals surface area contributed by atoms with Crippen LogP contribution in [0.25, 0.3) is 0 Å². The summed E-state index contributed by atoms with van der Waals surface area (Å²) < 4.78 is 24.1. The van der Waals surface area contributed by atoms with E-state index < -0.39 is 11.7 Å². The zero-order chi connectivity index (χ0) is 24.9. The first-order valence-corrected chi connectivity index (χ1v) is 10.9. The van der Waals surface area contributed by atoms with Gasteiger partial charge in [-0.1, -0.05) is 18.2 Å².